The van der Waals surface area contributed by atoms with Crippen LogP contribution in [0.25, 0.3) is 11.1 Å². The van der Waals surface area contributed by atoms with Crippen molar-refractivity contribution in [3.8, 4) is 11.1 Å². The number of anilines is 2. The molecule has 1 fully saturated rings. The predicted octanol–water partition coefficient (Wildman–Crippen LogP) is 4.99. The molecule has 180 valence electrons. The molecule has 34 heavy (non-hydrogen) atoms. The number of carbonyl (C=O) groups is 1. The van der Waals surface area contributed by atoms with Crippen molar-refractivity contribution in [2.45, 2.75) is 13.8 Å². The Kier molecular flexibility index (Phi) is 7.78. The first-order chi connectivity index (χ1) is 16.3. The van der Waals surface area contributed by atoms with Crippen molar-refractivity contribution in [1.82, 2.24) is 20.3 Å². The van der Waals surface area contributed by atoms with E-state index in [4.69, 9.17) is 27.7 Å². The van der Waals surface area contributed by atoms with Crippen LogP contribution in [0.5, 0.6) is 0 Å². The van der Waals surface area contributed by atoms with Gasteiger partial charge in [-0.05, 0) is 50.7 Å². The summed E-state index contributed by atoms with van der Waals surface area (Å²) in [5.74, 6) is 0.556. The Morgan fingerprint density at radius 3 is 2.41 bits per heavy atom. The number of rotatable bonds is 7. The summed E-state index contributed by atoms with van der Waals surface area (Å²) in [6.45, 7) is 9.28. The van der Waals surface area contributed by atoms with E-state index >= 15 is 0 Å². The molecule has 1 aliphatic heterocycles. The normalized spacial score (nSPS) is 14.9. The summed E-state index contributed by atoms with van der Waals surface area (Å²) in [7, 11) is 2.13. The van der Waals surface area contributed by atoms with Gasteiger partial charge in [-0.15, -0.1) is 0 Å². The SMILES string of the molecule is Cc1noc(C)c1-c1cc(Cl)c(Nc2ccccc2C(=O)NCCN2CCN(C)CC2)c(Cl)c1. The molecular weight excluding hydrogens is 473 g/mol. The second-order valence-corrected chi connectivity index (χ2v) is 9.40. The summed E-state index contributed by atoms with van der Waals surface area (Å²) < 4.78 is 5.27. The first kappa shape index (κ1) is 24.5. The monoisotopic (exact) mass is 501 g/mol. The molecule has 0 saturated carbocycles. The van der Waals surface area contributed by atoms with Crippen molar-refractivity contribution in [1.29, 1.82) is 0 Å². The van der Waals surface area contributed by atoms with Crippen molar-refractivity contribution in [2.75, 3.05) is 51.6 Å². The first-order valence-electron chi connectivity index (χ1n) is 11.3. The second kappa shape index (κ2) is 10.8. The number of aromatic nitrogens is 1. The van der Waals surface area contributed by atoms with Crippen LogP contribution in [0.15, 0.2) is 40.9 Å². The van der Waals surface area contributed by atoms with Crippen LogP contribution in [0.1, 0.15) is 21.8 Å². The minimum absolute atomic E-state index is 0.142. The van der Waals surface area contributed by atoms with E-state index in [1.807, 2.05) is 44.2 Å². The number of benzene rings is 2. The molecule has 0 aliphatic carbocycles. The number of hydrogen-bond donors (Lipinski definition) is 2. The van der Waals surface area contributed by atoms with Gasteiger partial charge in [0, 0.05) is 44.8 Å². The zero-order chi connectivity index (χ0) is 24.2. The molecule has 9 heteroatoms. The molecule has 0 unspecified atom stereocenters. The van der Waals surface area contributed by atoms with Crippen molar-refractivity contribution in [2.24, 2.45) is 0 Å². The third kappa shape index (κ3) is 5.55. The van der Waals surface area contributed by atoms with Gasteiger partial charge in [-0.3, -0.25) is 9.69 Å². The highest BCUT2D eigenvalue weighted by molar-refractivity contribution is 6.39. The number of nitrogens with zero attached hydrogens (tertiary/aromatic N) is 3. The van der Waals surface area contributed by atoms with Gasteiger partial charge in [0.05, 0.1) is 32.7 Å². The van der Waals surface area contributed by atoms with E-state index in [9.17, 15) is 4.79 Å². The number of carbonyl (C=O) groups excluding carboxylic acids is 1. The molecule has 0 bridgehead atoms. The fourth-order valence-electron chi connectivity index (χ4n) is 4.15. The molecule has 1 saturated heterocycles. The molecule has 7 nitrogen and oxygen atoms in total. The summed E-state index contributed by atoms with van der Waals surface area (Å²) in [5.41, 5.74) is 4.17. The van der Waals surface area contributed by atoms with Gasteiger partial charge in [0.2, 0.25) is 0 Å². The Hall–Kier alpha value is -2.58. The van der Waals surface area contributed by atoms with E-state index in [-0.39, 0.29) is 5.91 Å². The van der Waals surface area contributed by atoms with Gasteiger partial charge in [0.1, 0.15) is 5.76 Å². The zero-order valence-electron chi connectivity index (χ0n) is 19.6. The van der Waals surface area contributed by atoms with E-state index in [0.717, 1.165) is 49.5 Å². The Morgan fingerprint density at radius 2 is 1.76 bits per heavy atom. The number of likely N-dealkylation sites (N-methyl/N-ethyl adjacent to an activating group) is 1. The molecule has 0 atom stereocenters. The summed E-state index contributed by atoms with van der Waals surface area (Å²) >= 11 is 13.2. The van der Waals surface area contributed by atoms with Gasteiger partial charge in [-0.1, -0.05) is 40.5 Å². The fourth-order valence-corrected chi connectivity index (χ4v) is 4.73. The van der Waals surface area contributed by atoms with Crippen LogP contribution in [0.3, 0.4) is 0 Å². The molecule has 0 radical (unpaired) electrons. The number of amides is 1. The molecule has 4 rings (SSSR count). The molecule has 1 aliphatic rings. The number of hydrogen-bond acceptors (Lipinski definition) is 6. The molecule has 0 spiro atoms. The third-order valence-electron chi connectivity index (χ3n) is 6.10. The lowest BCUT2D eigenvalue weighted by Gasteiger charge is -2.32. The third-order valence-corrected chi connectivity index (χ3v) is 6.70. The van der Waals surface area contributed by atoms with Gasteiger partial charge in [-0.2, -0.15) is 0 Å². The minimum atomic E-state index is -0.142. The van der Waals surface area contributed by atoms with Crippen LogP contribution in [-0.2, 0) is 0 Å². The topological polar surface area (TPSA) is 73.6 Å². The maximum atomic E-state index is 12.9. The zero-order valence-corrected chi connectivity index (χ0v) is 21.1. The van der Waals surface area contributed by atoms with Gasteiger partial charge in [0.25, 0.3) is 5.91 Å². The van der Waals surface area contributed by atoms with Gasteiger partial charge >= 0.3 is 0 Å². The maximum Gasteiger partial charge on any atom is 0.253 e. The van der Waals surface area contributed by atoms with Crippen molar-refractivity contribution in [3.63, 3.8) is 0 Å². The van der Waals surface area contributed by atoms with E-state index < -0.39 is 0 Å². The molecular formula is C25H29Cl2N5O2. The smallest absolute Gasteiger partial charge is 0.253 e. The van der Waals surface area contributed by atoms with Crippen LogP contribution in [0.2, 0.25) is 10.0 Å². The summed E-state index contributed by atoms with van der Waals surface area (Å²) in [5, 5.41) is 11.2. The van der Waals surface area contributed by atoms with Gasteiger partial charge in [0.15, 0.2) is 0 Å². The summed E-state index contributed by atoms with van der Waals surface area (Å²) in [6, 6.07) is 11.0. The molecule has 2 N–H and O–H groups in total. The molecule has 3 aromatic rings. The van der Waals surface area contributed by atoms with Crippen molar-refractivity contribution >= 4 is 40.5 Å². The Bertz CT molecular complexity index is 1130. The van der Waals surface area contributed by atoms with Crippen LogP contribution in [0, 0.1) is 13.8 Å². The lowest BCUT2D eigenvalue weighted by Crippen LogP contribution is -2.46. The number of aryl methyl sites for hydroxylation is 2. The first-order valence-corrected chi connectivity index (χ1v) is 12.1. The average Bonchev–Trinajstić information content (AvgIpc) is 3.15. The van der Waals surface area contributed by atoms with E-state index in [1.165, 1.54) is 0 Å². The highest BCUT2D eigenvalue weighted by Gasteiger charge is 2.18. The standard InChI is InChI=1S/C25H29Cl2N5O2/c1-16-23(17(2)34-30-16)18-14-20(26)24(21(27)15-18)29-22-7-5-4-6-19(22)25(33)28-8-9-32-12-10-31(3)11-13-32/h4-7,14-15,29H,8-13H2,1-3H3,(H,28,33). The minimum Gasteiger partial charge on any atom is -0.361 e. The largest absolute Gasteiger partial charge is 0.361 e. The van der Waals surface area contributed by atoms with E-state index in [0.29, 0.717) is 39.3 Å². The number of piperazine rings is 1. The van der Waals surface area contributed by atoms with E-state index in [2.05, 4.69) is 32.6 Å². The quantitative estimate of drug-likeness (QED) is 0.475. The van der Waals surface area contributed by atoms with Gasteiger partial charge < -0.3 is 20.1 Å². The second-order valence-electron chi connectivity index (χ2n) is 8.59. The molecule has 2 heterocycles. The van der Waals surface area contributed by atoms with Crippen LogP contribution < -0.4 is 10.6 Å². The van der Waals surface area contributed by atoms with Gasteiger partial charge in [-0.25, -0.2) is 0 Å². The highest BCUT2D eigenvalue weighted by atomic mass is 35.5. The Labute approximate surface area is 210 Å². The highest BCUT2D eigenvalue weighted by Crippen LogP contribution is 2.39. The number of nitrogens with one attached hydrogen (secondary N) is 2. The molecule has 2 aromatic carbocycles. The van der Waals surface area contributed by atoms with E-state index in [1.54, 1.807) is 6.07 Å². The Morgan fingerprint density at radius 1 is 1.09 bits per heavy atom. The number of para-hydroxylation sites is 1. The van der Waals surface area contributed by atoms with Crippen LogP contribution >= 0.6 is 23.2 Å². The predicted molar refractivity (Wildman–Crippen MR) is 137 cm³/mol. The number of halogens is 2. The van der Waals surface area contributed by atoms with Crippen molar-refractivity contribution < 1.29 is 9.32 Å². The van der Waals surface area contributed by atoms with Crippen LogP contribution in [-0.4, -0.2) is 67.2 Å². The Balaban J connectivity index is 1.47. The lowest BCUT2D eigenvalue weighted by atomic mass is 10.0. The summed E-state index contributed by atoms with van der Waals surface area (Å²) in [4.78, 5) is 17.6. The lowest BCUT2D eigenvalue weighted by molar-refractivity contribution is 0.0942. The van der Waals surface area contributed by atoms with Crippen LogP contribution in [0.4, 0.5) is 11.4 Å². The van der Waals surface area contributed by atoms with Crippen molar-refractivity contribution in [3.05, 3.63) is 63.5 Å². The fraction of sp³-hybridized carbons (Fsp3) is 0.360. The summed E-state index contributed by atoms with van der Waals surface area (Å²) in [6.07, 6.45) is 0. The molecule has 1 amide bonds. The average molecular weight is 502 g/mol. The molecule has 1 aromatic heterocycles. The maximum absolute atomic E-state index is 12.9.